The van der Waals surface area contributed by atoms with Gasteiger partial charge in [-0.25, -0.2) is 8.42 Å². The normalized spacial score (nSPS) is 13.5. The summed E-state index contributed by atoms with van der Waals surface area (Å²) in [5.41, 5.74) is 0.285. The number of hydrogen-bond acceptors (Lipinski definition) is 5. The number of nitrogens with zero attached hydrogens (tertiary/aromatic N) is 2. The highest BCUT2D eigenvalue weighted by atomic mass is 32.2. The van der Waals surface area contributed by atoms with E-state index in [9.17, 15) is 18.5 Å². The van der Waals surface area contributed by atoms with Crippen LogP contribution in [0.25, 0.3) is 10.9 Å². The fourth-order valence-electron chi connectivity index (χ4n) is 2.49. The maximum absolute atomic E-state index is 12.9. The van der Waals surface area contributed by atoms with Gasteiger partial charge in [0, 0.05) is 30.8 Å². The molecule has 3 rings (SSSR count). The van der Waals surface area contributed by atoms with Gasteiger partial charge in [-0.15, -0.1) is 0 Å². The summed E-state index contributed by atoms with van der Waals surface area (Å²) in [5, 5.41) is 11.2. The lowest BCUT2D eigenvalue weighted by Gasteiger charge is -2.22. The SMILES string of the molecule is CC(c1ccco1)N(C)S(=O)(=O)c1c[nH]c2cc([N+](=O)[O-])ccc12. The van der Waals surface area contributed by atoms with Crippen LogP contribution in [0, 0.1) is 10.1 Å². The third-order valence-corrected chi connectivity index (χ3v) is 5.96. The molecule has 0 radical (unpaired) electrons. The standard InChI is InChI=1S/C15H15N3O5S/c1-10(14-4-3-7-23-14)17(2)24(21,22)15-9-16-13-8-11(18(19)20)5-6-12(13)15/h3-10,16H,1-2H3. The lowest BCUT2D eigenvalue weighted by molar-refractivity contribution is -0.384. The van der Waals surface area contributed by atoms with Gasteiger partial charge >= 0.3 is 0 Å². The molecule has 0 bridgehead atoms. The molecule has 0 amide bonds. The van der Waals surface area contributed by atoms with Crippen molar-refractivity contribution in [2.24, 2.45) is 0 Å². The van der Waals surface area contributed by atoms with Crippen LogP contribution in [0.5, 0.6) is 0 Å². The monoisotopic (exact) mass is 349 g/mol. The highest BCUT2D eigenvalue weighted by Crippen LogP contribution is 2.31. The van der Waals surface area contributed by atoms with E-state index in [2.05, 4.69) is 4.98 Å². The van der Waals surface area contributed by atoms with Crippen LogP contribution < -0.4 is 0 Å². The molecule has 126 valence electrons. The van der Waals surface area contributed by atoms with Gasteiger partial charge in [0.1, 0.15) is 10.7 Å². The Hall–Kier alpha value is -2.65. The maximum Gasteiger partial charge on any atom is 0.271 e. The topological polar surface area (TPSA) is 109 Å². The molecule has 2 heterocycles. The molecule has 9 heteroatoms. The number of rotatable bonds is 5. The number of hydrogen-bond donors (Lipinski definition) is 1. The van der Waals surface area contributed by atoms with Gasteiger partial charge in [0.15, 0.2) is 0 Å². The number of nitro benzene ring substituents is 1. The molecule has 1 N–H and O–H groups in total. The predicted molar refractivity (Wildman–Crippen MR) is 87.0 cm³/mol. The zero-order chi connectivity index (χ0) is 17.5. The van der Waals surface area contributed by atoms with E-state index in [1.807, 2.05) is 0 Å². The molecular formula is C15H15N3O5S. The van der Waals surface area contributed by atoms with Crippen LogP contribution in [-0.4, -0.2) is 29.7 Å². The van der Waals surface area contributed by atoms with Crippen molar-refractivity contribution in [3.8, 4) is 0 Å². The van der Waals surface area contributed by atoms with Gasteiger partial charge in [0.05, 0.1) is 22.7 Å². The van der Waals surface area contributed by atoms with Crippen LogP contribution in [-0.2, 0) is 10.0 Å². The quantitative estimate of drug-likeness (QED) is 0.562. The summed E-state index contributed by atoms with van der Waals surface area (Å²) in [6.45, 7) is 1.72. The van der Waals surface area contributed by atoms with E-state index >= 15 is 0 Å². The first-order valence-electron chi connectivity index (χ1n) is 7.09. The van der Waals surface area contributed by atoms with Crippen molar-refractivity contribution in [1.82, 2.24) is 9.29 Å². The fourth-order valence-corrected chi connectivity index (χ4v) is 3.98. The number of nitrogens with one attached hydrogen (secondary N) is 1. The van der Waals surface area contributed by atoms with Gasteiger partial charge in [0.25, 0.3) is 5.69 Å². The lowest BCUT2D eigenvalue weighted by atomic mass is 10.2. The zero-order valence-electron chi connectivity index (χ0n) is 13.0. The highest BCUT2D eigenvalue weighted by molar-refractivity contribution is 7.89. The van der Waals surface area contributed by atoms with Gasteiger partial charge < -0.3 is 9.40 Å². The van der Waals surface area contributed by atoms with Gasteiger partial charge in [-0.2, -0.15) is 4.31 Å². The summed E-state index contributed by atoms with van der Waals surface area (Å²) >= 11 is 0. The molecule has 24 heavy (non-hydrogen) atoms. The van der Waals surface area contributed by atoms with Crippen molar-refractivity contribution in [1.29, 1.82) is 0 Å². The predicted octanol–water partition coefficient (Wildman–Crippen LogP) is 3.05. The van der Waals surface area contributed by atoms with Gasteiger partial charge in [-0.05, 0) is 25.1 Å². The summed E-state index contributed by atoms with van der Waals surface area (Å²) in [4.78, 5) is 13.2. The van der Waals surface area contributed by atoms with E-state index in [-0.39, 0.29) is 10.6 Å². The van der Waals surface area contributed by atoms with Crippen molar-refractivity contribution in [2.75, 3.05) is 7.05 Å². The van der Waals surface area contributed by atoms with E-state index in [0.717, 1.165) is 0 Å². The van der Waals surface area contributed by atoms with Gasteiger partial charge in [0.2, 0.25) is 10.0 Å². The Morgan fingerprint density at radius 1 is 1.33 bits per heavy atom. The Labute approximate surface area is 137 Å². The number of H-pyrrole nitrogens is 1. The highest BCUT2D eigenvalue weighted by Gasteiger charge is 2.30. The number of non-ortho nitro benzene ring substituents is 1. The Bertz CT molecular complexity index is 991. The van der Waals surface area contributed by atoms with Crippen LogP contribution >= 0.6 is 0 Å². The average Bonchev–Trinajstić information content (AvgIpc) is 3.22. The number of aromatic nitrogens is 1. The Kier molecular flexibility index (Phi) is 3.90. The summed E-state index contributed by atoms with van der Waals surface area (Å²) in [5.74, 6) is 0.525. The second-order valence-corrected chi connectivity index (χ2v) is 7.32. The molecular weight excluding hydrogens is 334 g/mol. The number of nitro groups is 1. The Morgan fingerprint density at radius 3 is 2.71 bits per heavy atom. The Balaban J connectivity index is 2.03. The van der Waals surface area contributed by atoms with Crippen LogP contribution in [0.15, 0.2) is 52.1 Å². The van der Waals surface area contributed by atoms with Gasteiger partial charge in [-0.3, -0.25) is 10.1 Å². The third-order valence-electron chi connectivity index (χ3n) is 4.00. The molecule has 1 atom stereocenters. The third kappa shape index (κ3) is 2.57. The number of fused-ring (bicyclic) bond motifs is 1. The van der Waals surface area contributed by atoms with E-state index in [0.29, 0.717) is 16.7 Å². The molecule has 0 aliphatic rings. The molecule has 3 aromatic rings. The number of aromatic amines is 1. The summed E-state index contributed by atoms with van der Waals surface area (Å²) in [7, 11) is -2.34. The first-order valence-corrected chi connectivity index (χ1v) is 8.53. The molecule has 0 spiro atoms. The summed E-state index contributed by atoms with van der Waals surface area (Å²) < 4.78 is 32.3. The largest absolute Gasteiger partial charge is 0.468 e. The molecule has 8 nitrogen and oxygen atoms in total. The first kappa shape index (κ1) is 16.2. The minimum atomic E-state index is -3.81. The van der Waals surface area contributed by atoms with Gasteiger partial charge in [-0.1, -0.05) is 0 Å². The minimum absolute atomic E-state index is 0.0632. The van der Waals surface area contributed by atoms with Crippen LogP contribution in [0.2, 0.25) is 0 Å². The first-order chi connectivity index (χ1) is 11.3. The van der Waals surface area contributed by atoms with Crippen molar-refractivity contribution in [3.05, 3.63) is 58.7 Å². The molecule has 0 saturated heterocycles. The van der Waals surface area contributed by atoms with Crippen molar-refractivity contribution in [3.63, 3.8) is 0 Å². The number of furan rings is 1. The molecule has 0 aliphatic heterocycles. The minimum Gasteiger partial charge on any atom is -0.468 e. The lowest BCUT2D eigenvalue weighted by Crippen LogP contribution is -2.29. The van der Waals surface area contributed by atoms with Crippen LogP contribution in [0.3, 0.4) is 0 Å². The molecule has 0 saturated carbocycles. The molecule has 1 aromatic carbocycles. The molecule has 0 fully saturated rings. The van der Waals surface area contributed by atoms with Crippen LogP contribution in [0.4, 0.5) is 5.69 Å². The average molecular weight is 349 g/mol. The smallest absolute Gasteiger partial charge is 0.271 e. The van der Waals surface area contributed by atoms with E-state index in [4.69, 9.17) is 4.42 Å². The van der Waals surface area contributed by atoms with E-state index < -0.39 is 21.0 Å². The molecule has 0 aliphatic carbocycles. The van der Waals surface area contributed by atoms with Crippen molar-refractivity contribution >= 4 is 26.6 Å². The number of benzene rings is 1. The second-order valence-electron chi connectivity index (χ2n) is 5.35. The molecule has 2 aromatic heterocycles. The van der Waals surface area contributed by atoms with E-state index in [1.165, 1.54) is 42.0 Å². The molecule has 1 unspecified atom stereocenters. The maximum atomic E-state index is 12.9. The Morgan fingerprint density at radius 2 is 2.08 bits per heavy atom. The van der Waals surface area contributed by atoms with Crippen molar-refractivity contribution in [2.45, 2.75) is 17.9 Å². The summed E-state index contributed by atoms with van der Waals surface area (Å²) in [6.07, 6.45) is 2.83. The second kappa shape index (κ2) is 5.77. The number of sulfonamides is 1. The van der Waals surface area contributed by atoms with E-state index in [1.54, 1.807) is 19.1 Å². The van der Waals surface area contributed by atoms with Crippen LogP contribution in [0.1, 0.15) is 18.7 Å². The summed E-state index contributed by atoms with van der Waals surface area (Å²) in [6, 6.07) is 6.93. The zero-order valence-corrected chi connectivity index (χ0v) is 13.8. The fraction of sp³-hybridized carbons (Fsp3) is 0.200. The van der Waals surface area contributed by atoms with Crippen molar-refractivity contribution < 1.29 is 17.8 Å².